The van der Waals surface area contributed by atoms with Gasteiger partial charge in [0.05, 0.1) is 13.7 Å². The molecule has 33 heavy (non-hydrogen) atoms. The zero-order chi connectivity index (χ0) is 22.8. The Morgan fingerprint density at radius 2 is 1.79 bits per heavy atom. The summed E-state index contributed by atoms with van der Waals surface area (Å²) >= 11 is 0. The molecular weight excluding hydrogens is 418 g/mol. The number of ether oxygens (including phenoxy) is 2. The molecule has 1 aliphatic rings. The van der Waals surface area contributed by atoms with E-state index in [1.165, 1.54) is 29.4 Å². The number of pyridine rings is 1. The third kappa shape index (κ3) is 4.14. The van der Waals surface area contributed by atoms with Crippen molar-refractivity contribution in [1.29, 1.82) is 0 Å². The molecule has 3 N–H and O–H groups in total. The van der Waals surface area contributed by atoms with Crippen molar-refractivity contribution >= 4 is 17.0 Å². The highest BCUT2D eigenvalue weighted by Gasteiger charge is 2.30. The molecule has 2 aromatic heterocycles. The SMILES string of the molecule is COC(=O)C(Cc1c[nH]c2ncccc12)NC(O)OCC1c2ccccc2-c2ccccc21. The van der Waals surface area contributed by atoms with Crippen LogP contribution in [0.1, 0.15) is 22.6 Å². The van der Waals surface area contributed by atoms with Crippen LogP contribution in [0.4, 0.5) is 0 Å². The Labute approximate surface area is 191 Å². The first-order valence-electron chi connectivity index (χ1n) is 10.9. The monoisotopic (exact) mass is 443 g/mol. The fourth-order valence-electron chi connectivity index (χ4n) is 4.60. The van der Waals surface area contributed by atoms with Crippen LogP contribution >= 0.6 is 0 Å². The predicted octanol–water partition coefficient (Wildman–Crippen LogP) is 3.34. The van der Waals surface area contributed by atoms with Gasteiger partial charge in [0.25, 0.3) is 0 Å². The molecule has 0 saturated carbocycles. The highest BCUT2D eigenvalue weighted by Crippen LogP contribution is 2.44. The van der Waals surface area contributed by atoms with Crippen LogP contribution in [0.25, 0.3) is 22.2 Å². The van der Waals surface area contributed by atoms with Gasteiger partial charge in [-0.15, -0.1) is 0 Å². The number of aromatic amines is 1. The molecule has 2 unspecified atom stereocenters. The molecule has 1 aliphatic carbocycles. The van der Waals surface area contributed by atoms with Crippen molar-refractivity contribution < 1.29 is 19.4 Å². The number of hydrogen-bond donors (Lipinski definition) is 3. The lowest BCUT2D eigenvalue weighted by atomic mass is 9.98. The van der Waals surface area contributed by atoms with Crippen LogP contribution in [0.5, 0.6) is 0 Å². The molecule has 168 valence electrons. The molecule has 0 amide bonds. The van der Waals surface area contributed by atoms with Gasteiger partial charge in [-0.05, 0) is 39.9 Å². The van der Waals surface area contributed by atoms with Gasteiger partial charge in [0.15, 0.2) is 0 Å². The molecule has 2 heterocycles. The largest absolute Gasteiger partial charge is 0.468 e. The fourth-order valence-corrected chi connectivity index (χ4v) is 4.60. The van der Waals surface area contributed by atoms with E-state index in [1.54, 1.807) is 6.20 Å². The van der Waals surface area contributed by atoms with Crippen molar-refractivity contribution in [3.63, 3.8) is 0 Å². The predicted molar refractivity (Wildman–Crippen MR) is 124 cm³/mol. The molecule has 7 heteroatoms. The number of methoxy groups -OCH3 is 1. The van der Waals surface area contributed by atoms with Crippen molar-refractivity contribution in [2.75, 3.05) is 13.7 Å². The second-order valence-electron chi connectivity index (χ2n) is 8.07. The molecule has 2 aromatic carbocycles. The summed E-state index contributed by atoms with van der Waals surface area (Å²) in [6.07, 6.45) is 2.50. The van der Waals surface area contributed by atoms with Crippen molar-refractivity contribution in [2.24, 2.45) is 0 Å². The van der Waals surface area contributed by atoms with Crippen molar-refractivity contribution in [3.05, 3.63) is 89.7 Å². The normalized spacial score (nSPS) is 14.6. The molecule has 0 radical (unpaired) electrons. The summed E-state index contributed by atoms with van der Waals surface area (Å²) in [5, 5.41) is 14.4. The maximum absolute atomic E-state index is 12.4. The summed E-state index contributed by atoms with van der Waals surface area (Å²) in [4.78, 5) is 19.8. The standard InChI is InChI=1S/C26H25N3O4/c1-32-25(30)23(13-16-14-28-24-17(16)11-6-12-27-24)29-26(31)33-15-22-20-9-4-2-7-18(20)19-8-3-5-10-21(19)22/h2-12,14,22-23,26,29,31H,13,15H2,1H3,(H,27,28). The number of benzene rings is 2. The topological polar surface area (TPSA) is 96.5 Å². The third-order valence-corrected chi connectivity index (χ3v) is 6.17. The van der Waals surface area contributed by atoms with Crippen LogP contribution < -0.4 is 5.32 Å². The number of aliphatic hydroxyl groups is 1. The number of H-pyrrole nitrogens is 1. The maximum atomic E-state index is 12.4. The molecule has 0 fully saturated rings. The second-order valence-corrected chi connectivity index (χ2v) is 8.07. The van der Waals surface area contributed by atoms with Gasteiger partial charge in [-0.25, -0.2) is 4.98 Å². The van der Waals surface area contributed by atoms with Gasteiger partial charge in [-0.2, -0.15) is 0 Å². The van der Waals surface area contributed by atoms with E-state index in [1.807, 2.05) is 42.6 Å². The number of fused-ring (bicyclic) bond motifs is 4. The third-order valence-electron chi connectivity index (χ3n) is 6.17. The lowest BCUT2D eigenvalue weighted by molar-refractivity contribution is -0.155. The molecule has 4 aromatic rings. The lowest BCUT2D eigenvalue weighted by Crippen LogP contribution is -2.46. The minimum Gasteiger partial charge on any atom is -0.468 e. The van der Waals surface area contributed by atoms with Gasteiger partial charge in [-0.1, -0.05) is 48.5 Å². The Kier molecular flexibility index (Phi) is 5.92. The molecule has 5 rings (SSSR count). The van der Waals surface area contributed by atoms with Gasteiger partial charge < -0.3 is 19.6 Å². The van der Waals surface area contributed by atoms with Crippen molar-refractivity contribution in [3.8, 4) is 11.1 Å². The minimum atomic E-state index is -1.34. The summed E-state index contributed by atoms with van der Waals surface area (Å²) in [7, 11) is 1.33. The molecule has 0 aliphatic heterocycles. The number of nitrogens with zero attached hydrogens (tertiary/aromatic N) is 1. The number of hydrogen-bond acceptors (Lipinski definition) is 6. The zero-order valence-electron chi connectivity index (χ0n) is 18.2. The van der Waals surface area contributed by atoms with E-state index < -0.39 is 18.4 Å². The Balaban J connectivity index is 1.29. The van der Waals surface area contributed by atoms with Crippen LogP contribution in [0, 0.1) is 0 Å². The van der Waals surface area contributed by atoms with E-state index >= 15 is 0 Å². The molecule has 2 atom stereocenters. The van der Waals surface area contributed by atoms with Gasteiger partial charge in [0, 0.05) is 30.1 Å². The summed E-state index contributed by atoms with van der Waals surface area (Å²) < 4.78 is 10.7. The average Bonchev–Trinajstić information content (AvgIpc) is 3.41. The Hall–Kier alpha value is -3.52. The van der Waals surface area contributed by atoms with Crippen LogP contribution in [0.15, 0.2) is 73.1 Å². The number of carbonyl (C=O) groups is 1. The van der Waals surface area contributed by atoms with Gasteiger partial charge in [0.2, 0.25) is 6.41 Å². The number of esters is 1. The van der Waals surface area contributed by atoms with Crippen molar-refractivity contribution in [2.45, 2.75) is 24.8 Å². The number of aliphatic hydroxyl groups excluding tert-OH is 1. The Morgan fingerprint density at radius 3 is 2.48 bits per heavy atom. The number of aromatic nitrogens is 2. The van der Waals surface area contributed by atoms with E-state index in [2.05, 4.69) is 39.6 Å². The van der Waals surface area contributed by atoms with Crippen LogP contribution in [-0.2, 0) is 20.7 Å². The maximum Gasteiger partial charge on any atom is 0.323 e. The number of carbonyl (C=O) groups excluding carboxylic acids is 1. The summed E-state index contributed by atoms with van der Waals surface area (Å²) in [5.74, 6) is -0.474. The van der Waals surface area contributed by atoms with E-state index in [0.29, 0.717) is 6.42 Å². The van der Waals surface area contributed by atoms with Crippen LogP contribution in [-0.4, -0.2) is 47.2 Å². The molecular formula is C26H25N3O4. The lowest BCUT2D eigenvalue weighted by Gasteiger charge is -2.22. The van der Waals surface area contributed by atoms with Gasteiger partial charge in [0.1, 0.15) is 11.7 Å². The summed E-state index contributed by atoms with van der Waals surface area (Å²) in [5.41, 5.74) is 6.34. The number of nitrogens with one attached hydrogen (secondary N) is 2. The van der Waals surface area contributed by atoms with Crippen LogP contribution in [0.3, 0.4) is 0 Å². The Morgan fingerprint density at radius 1 is 1.09 bits per heavy atom. The molecule has 0 bridgehead atoms. The average molecular weight is 444 g/mol. The minimum absolute atomic E-state index is 0.00474. The quantitative estimate of drug-likeness (QED) is 0.286. The Bertz CT molecular complexity index is 1240. The molecule has 0 spiro atoms. The smallest absolute Gasteiger partial charge is 0.323 e. The van der Waals surface area contributed by atoms with E-state index in [9.17, 15) is 9.90 Å². The summed E-state index contributed by atoms with van der Waals surface area (Å²) in [6, 6.07) is 19.4. The first-order valence-corrected chi connectivity index (χ1v) is 10.9. The van der Waals surface area contributed by atoms with E-state index in [4.69, 9.17) is 9.47 Å². The fraction of sp³-hybridized carbons (Fsp3) is 0.231. The van der Waals surface area contributed by atoms with Gasteiger partial charge >= 0.3 is 5.97 Å². The zero-order valence-corrected chi connectivity index (χ0v) is 18.2. The van der Waals surface area contributed by atoms with E-state index in [-0.39, 0.29) is 12.5 Å². The number of rotatable bonds is 8. The first-order chi connectivity index (χ1) is 16.2. The van der Waals surface area contributed by atoms with Crippen LogP contribution in [0.2, 0.25) is 0 Å². The molecule has 0 saturated heterocycles. The van der Waals surface area contributed by atoms with Gasteiger partial charge in [-0.3, -0.25) is 10.1 Å². The highest BCUT2D eigenvalue weighted by molar-refractivity contribution is 5.82. The first kappa shape index (κ1) is 21.3. The summed E-state index contributed by atoms with van der Waals surface area (Å²) in [6.45, 7) is 0.271. The second kappa shape index (κ2) is 9.15. The molecule has 7 nitrogen and oxygen atoms in total. The highest BCUT2D eigenvalue weighted by atomic mass is 16.6. The van der Waals surface area contributed by atoms with Crippen molar-refractivity contribution in [1.82, 2.24) is 15.3 Å². The van der Waals surface area contributed by atoms with E-state index in [0.717, 1.165) is 16.6 Å².